The Morgan fingerprint density at radius 3 is 2.45 bits per heavy atom. The molecule has 7 heteroatoms. The summed E-state index contributed by atoms with van der Waals surface area (Å²) in [6.07, 6.45) is 1.67. The number of hydrogen-bond donors (Lipinski definition) is 2. The van der Waals surface area contributed by atoms with E-state index < -0.39 is 0 Å². The summed E-state index contributed by atoms with van der Waals surface area (Å²) >= 11 is 0. The van der Waals surface area contributed by atoms with Crippen LogP contribution in [-0.2, 0) is 19.4 Å². The van der Waals surface area contributed by atoms with Crippen LogP contribution in [-0.4, -0.2) is 31.3 Å². The maximum atomic E-state index is 6.04. The molecule has 3 aromatic rings. The Kier molecular flexibility index (Phi) is 10.4. The zero-order chi connectivity index (χ0) is 21.2. The fourth-order valence-corrected chi connectivity index (χ4v) is 3.31. The van der Waals surface area contributed by atoms with Gasteiger partial charge in [0.25, 0.3) is 0 Å². The predicted octanol–water partition coefficient (Wildman–Crippen LogP) is 4.83. The highest BCUT2D eigenvalue weighted by Crippen LogP contribution is 2.29. The minimum absolute atomic E-state index is 0. The van der Waals surface area contributed by atoms with Gasteiger partial charge in [-0.25, -0.2) is 0 Å². The van der Waals surface area contributed by atoms with Crippen LogP contribution in [0, 0.1) is 0 Å². The summed E-state index contributed by atoms with van der Waals surface area (Å²) in [6.45, 7) is 5.94. The third-order valence-electron chi connectivity index (χ3n) is 4.89. The van der Waals surface area contributed by atoms with E-state index in [2.05, 4.69) is 52.8 Å². The van der Waals surface area contributed by atoms with Gasteiger partial charge >= 0.3 is 0 Å². The Morgan fingerprint density at radius 1 is 1.00 bits per heavy atom. The van der Waals surface area contributed by atoms with Crippen molar-refractivity contribution < 1.29 is 9.26 Å². The molecule has 3 rings (SSSR count). The van der Waals surface area contributed by atoms with E-state index in [1.165, 1.54) is 0 Å². The third kappa shape index (κ3) is 6.72. The molecule has 0 fully saturated rings. The highest BCUT2D eigenvalue weighted by Gasteiger charge is 2.13. The average Bonchev–Trinajstić information content (AvgIpc) is 3.21. The molecule has 0 aliphatic rings. The predicted molar refractivity (Wildman–Crippen MR) is 136 cm³/mol. The van der Waals surface area contributed by atoms with Crippen LogP contribution in [0.1, 0.15) is 30.9 Å². The van der Waals surface area contributed by atoms with Gasteiger partial charge in [0, 0.05) is 31.1 Å². The Labute approximate surface area is 201 Å². The standard InChI is InChI=1S/C24H30N4O2.HI/c1-4-21-20(22(5-2)30-28-21)17-27-24(25-3)26-15-16-29-23-14-10-9-13-19(23)18-11-7-6-8-12-18;/h6-14H,4-5,15-17H2,1-3H3,(H2,25,26,27);1H. The van der Waals surface area contributed by atoms with Crippen LogP contribution < -0.4 is 15.4 Å². The lowest BCUT2D eigenvalue weighted by Gasteiger charge is -2.14. The van der Waals surface area contributed by atoms with Crippen molar-refractivity contribution in [1.29, 1.82) is 0 Å². The lowest BCUT2D eigenvalue weighted by atomic mass is 10.1. The molecular formula is C24H31IN4O2. The fourth-order valence-electron chi connectivity index (χ4n) is 3.31. The molecule has 166 valence electrons. The van der Waals surface area contributed by atoms with Gasteiger partial charge in [0.2, 0.25) is 0 Å². The summed E-state index contributed by atoms with van der Waals surface area (Å²) in [5.41, 5.74) is 4.35. The van der Waals surface area contributed by atoms with Crippen molar-refractivity contribution in [2.75, 3.05) is 20.2 Å². The first-order valence-electron chi connectivity index (χ1n) is 10.4. The lowest BCUT2D eigenvalue weighted by Crippen LogP contribution is -2.39. The molecule has 0 unspecified atom stereocenters. The molecule has 0 spiro atoms. The van der Waals surface area contributed by atoms with E-state index in [-0.39, 0.29) is 24.0 Å². The van der Waals surface area contributed by atoms with Gasteiger partial charge < -0.3 is 19.9 Å². The topological polar surface area (TPSA) is 71.7 Å². The van der Waals surface area contributed by atoms with Crippen molar-refractivity contribution in [2.24, 2.45) is 4.99 Å². The van der Waals surface area contributed by atoms with Gasteiger partial charge in [-0.15, -0.1) is 24.0 Å². The first-order valence-corrected chi connectivity index (χ1v) is 10.4. The molecular weight excluding hydrogens is 503 g/mol. The average molecular weight is 534 g/mol. The Bertz CT molecular complexity index is 936. The van der Waals surface area contributed by atoms with E-state index in [1.807, 2.05) is 36.4 Å². The van der Waals surface area contributed by atoms with E-state index in [9.17, 15) is 0 Å². The van der Waals surface area contributed by atoms with E-state index in [0.717, 1.165) is 52.7 Å². The van der Waals surface area contributed by atoms with Gasteiger partial charge in [-0.05, 0) is 18.1 Å². The highest BCUT2D eigenvalue weighted by molar-refractivity contribution is 14.0. The number of benzene rings is 2. The minimum Gasteiger partial charge on any atom is -0.491 e. The van der Waals surface area contributed by atoms with Crippen LogP contribution in [0.5, 0.6) is 5.75 Å². The zero-order valence-electron chi connectivity index (χ0n) is 18.4. The second-order valence-corrected chi connectivity index (χ2v) is 6.80. The van der Waals surface area contributed by atoms with Crippen LogP contribution >= 0.6 is 24.0 Å². The van der Waals surface area contributed by atoms with Gasteiger partial charge in [-0.1, -0.05) is 67.5 Å². The molecule has 0 saturated carbocycles. The largest absolute Gasteiger partial charge is 0.491 e. The molecule has 1 heterocycles. The van der Waals surface area contributed by atoms with Crippen molar-refractivity contribution in [3.63, 3.8) is 0 Å². The summed E-state index contributed by atoms with van der Waals surface area (Å²) < 4.78 is 11.5. The smallest absolute Gasteiger partial charge is 0.191 e. The second-order valence-electron chi connectivity index (χ2n) is 6.80. The molecule has 0 amide bonds. The molecule has 0 bridgehead atoms. The zero-order valence-corrected chi connectivity index (χ0v) is 20.7. The van der Waals surface area contributed by atoms with Crippen LogP contribution in [0.15, 0.2) is 64.1 Å². The molecule has 2 N–H and O–H groups in total. The van der Waals surface area contributed by atoms with Gasteiger partial charge in [0.1, 0.15) is 18.1 Å². The first-order chi connectivity index (χ1) is 14.8. The van der Waals surface area contributed by atoms with Gasteiger partial charge in [0.15, 0.2) is 5.96 Å². The van der Waals surface area contributed by atoms with Crippen molar-refractivity contribution in [2.45, 2.75) is 33.2 Å². The van der Waals surface area contributed by atoms with Crippen LogP contribution in [0.2, 0.25) is 0 Å². The van der Waals surface area contributed by atoms with Crippen molar-refractivity contribution in [3.05, 3.63) is 71.6 Å². The monoisotopic (exact) mass is 534 g/mol. The summed E-state index contributed by atoms with van der Waals surface area (Å²) in [7, 11) is 1.76. The first kappa shape index (κ1) is 24.7. The van der Waals surface area contributed by atoms with E-state index >= 15 is 0 Å². The number of ether oxygens (including phenoxy) is 1. The molecule has 31 heavy (non-hydrogen) atoms. The van der Waals surface area contributed by atoms with Crippen molar-refractivity contribution in [1.82, 2.24) is 15.8 Å². The molecule has 2 aromatic carbocycles. The van der Waals surface area contributed by atoms with Crippen molar-refractivity contribution >= 4 is 29.9 Å². The molecule has 0 atom stereocenters. The van der Waals surface area contributed by atoms with Crippen LogP contribution in [0.25, 0.3) is 11.1 Å². The number of hydrogen-bond acceptors (Lipinski definition) is 4. The number of aryl methyl sites for hydroxylation is 2. The minimum atomic E-state index is 0. The number of guanidine groups is 1. The lowest BCUT2D eigenvalue weighted by molar-refractivity contribution is 0.323. The molecule has 1 aromatic heterocycles. The maximum Gasteiger partial charge on any atom is 0.191 e. The number of aliphatic imine (C=N–C) groups is 1. The molecule has 0 radical (unpaired) electrons. The summed E-state index contributed by atoms with van der Waals surface area (Å²) in [4.78, 5) is 4.30. The summed E-state index contributed by atoms with van der Waals surface area (Å²) in [5.74, 6) is 2.52. The van der Waals surface area contributed by atoms with E-state index in [0.29, 0.717) is 19.7 Å². The molecule has 0 aliphatic heterocycles. The number of para-hydroxylation sites is 1. The third-order valence-corrected chi connectivity index (χ3v) is 4.89. The highest BCUT2D eigenvalue weighted by atomic mass is 127. The maximum absolute atomic E-state index is 6.04. The van der Waals surface area contributed by atoms with Gasteiger partial charge in [0.05, 0.1) is 12.2 Å². The SMILES string of the molecule is CCc1noc(CC)c1CNC(=NC)NCCOc1ccccc1-c1ccccc1.I. The Hall–Kier alpha value is -2.55. The number of nitrogens with zero attached hydrogens (tertiary/aromatic N) is 2. The van der Waals surface area contributed by atoms with Crippen LogP contribution in [0.4, 0.5) is 0 Å². The van der Waals surface area contributed by atoms with E-state index in [4.69, 9.17) is 9.26 Å². The van der Waals surface area contributed by atoms with Gasteiger partial charge in [-0.3, -0.25) is 4.99 Å². The summed E-state index contributed by atoms with van der Waals surface area (Å²) in [6, 6.07) is 18.4. The van der Waals surface area contributed by atoms with E-state index in [1.54, 1.807) is 7.05 Å². The molecule has 0 saturated heterocycles. The number of halogens is 1. The summed E-state index contributed by atoms with van der Waals surface area (Å²) in [5, 5.41) is 10.8. The Balaban J connectivity index is 0.00000341. The van der Waals surface area contributed by atoms with Gasteiger partial charge in [-0.2, -0.15) is 0 Å². The number of nitrogens with one attached hydrogen (secondary N) is 2. The fraction of sp³-hybridized carbons (Fsp3) is 0.333. The second kappa shape index (κ2) is 13.0. The van der Waals surface area contributed by atoms with Crippen molar-refractivity contribution in [3.8, 4) is 16.9 Å². The molecule has 6 nitrogen and oxygen atoms in total. The molecule has 0 aliphatic carbocycles. The number of rotatable bonds is 9. The normalized spacial score (nSPS) is 11.0. The van der Waals surface area contributed by atoms with Crippen LogP contribution in [0.3, 0.4) is 0 Å². The number of aromatic nitrogens is 1. The quantitative estimate of drug-likeness (QED) is 0.178. The Morgan fingerprint density at radius 2 is 1.74 bits per heavy atom.